The van der Waals surface area contributed by atoms with Gasteiger partial charge in [-0.1, -0.05) is 83.5 Å². The zero-order valence-corrected chi connectivity index (χ0v) is 58.4. The highest BCUT2D eigenvalue weighted by Gasteiger charge is 2.30. The largest absolute Gasteiger partial charge is 0.372 e. The van der Waals surface area contributed by atoms with E-state index in [1.54, 1.807) is 24.3 Å². The minimum atomic E-state index is -0.428. The van der Waals surface area contributed by atoms with Gasteiger partial charge in [-0.25, -0.2) is 10.1 Å². The molecule has 0 saturated carbocycles. The Labute approximate surface area is 572 Å². The normalized spacial score (nSPS) is 16.4. The van der Waals surface area contributed by atoms with Crippen molar-refractivity contribution in [3.8, 4) is 18.2 Å². The van der Waals surface area contributed by atoms with E-state index in [0.717, 1.165) is 145 Å². The number of aliphatic imine (C=N–C) groups is 3. The molecule has 8 rings (SSSR count). The smallest absolute Gasteiger partial charge is 0.269 e. The van der Waals surface area contributed by atoms with Crippen molar-refractivity contribution in [3.05, 3.63) is 230 Å². The lowest BCUT2D eigenvalue weighted by Crippen LogP contribution is -2.22. The van der Waals surface area contributed by atoms with E-state index in [9.17, 15) is 25.0 Å². The molecule has 5 aromatic carbocycles. The molecule has 510 valence electrons. The van der Waals surface area contributed by atoms with Gasteiger partial charge in [0.2, 0.25) is 0 Å². The van der Waals surface area contributed by atoms with Crippen LogP contribution in [-0.2, 0) is 0 Å². The summed E-state index contributed by atoms with van der Waals surface area (Å²) < 4.78 is 41.5. The lowest BCUT2D eigenvalue weighted by molar-refractivity contribution is -0.384. The number of halogens is 5. The summed E-state index contributed by atoms with van der Waals surface area (Å²) in [6.07, 6.45) is 20.7. The fourth-order valence-electron chi connectivity index (χ4n) is 11.7. The van der Waals surface area contributed by atoms with Crippen LogP contribution in [0.4, 0.5) is 62.5 Å². The third-order valence-corrected chi connectivity index (χ3v) is 16.1. The number of non-ortho nitro benzene ring substituents is 1. The van der Waals surface area contributed by atoms with Gasteiger partial charge in [0.05, 0.1) is 65.1 Å². The van der Waals surface area contributed by atoms with E-state index >= 15 is 0 Å². The topological polar surface area (TPSA) is 166 Å². The molecule has 0 heterocycles. The van der Waals surface area contributed by atoms with E-state index in [1.165, 1.54) is 29.2 Å². The second kappa shape index (κ2) is 41.5. The van der Waals surface area contributed by atoms with E-state index in [2.05, 4.69) is 180 Å². The van der Waals surface area contributed by atoms with Crippen LogP contribution in [0, 0.1) is 66.9 Å². The Bertz CT molecular complexity index is 3800. The standard InChI is InChI=1S/C29H32N4O2.C27H31N3.C22H26N4.CH3F.2F2/c1-5-32(6-2)27-13-9-26(10-14-27)31-16-15-23-18-24(20-29(3,4)19-23)25(21-30)17-22-7-11-28(12-8-22)33(34)35;1-5-30(6-2)26-14-12-24(13-15-26)29-25-17-22(18-27(3,4)19-25)23(20-28)16-21-10-8-7-9-11-21;1-6-26(7-2)21-10-8-18(9-11-21)25-19-12-17(13-20(16-23)24-5)14-22(3,4)15-19;3*1-2/h7-18H,5-6,19-20H2,1-4H3;7-17H,5-6,18-19H2,1-4H3;8-13H,6-7,14-15H2,1-4H3;1H3;;/b23-15-,25-17+,31-16?;23-16+,29-25?;20-13-,25-19?;;;. The molecule has 97 heavy (non-hydrogen) atoms. The molecule has 0 fully saturated rings. The number of anilines is 3. The second-order valence-electron chi connectivity index (χ2n) is 25.3. The van der Waals surface area contributed by atoms with Gasteiger partial charge in [-0.05, 0) is 246 Å². The Balaban J connectivity index is 0.000000368. The third kappa shape index (κ3) is 26.8. The number of hydrogen-bond donors (Lipinski definition) is 0. The maximum Gasteiger partial charge on any atom is 0.269 e. The van der Waals surface area contributed by atoms with Crippen LogP contribution in [-0.4, -0.2) is 69.0 Å². The number of allylic oxidation sites excluding steroid dienone is 12. The summed E-state index contributed by atoms with van der Waals surface area (Å²) in [6, 6.07) is 47.9. The summed E-state index contributed by atoms with van der Waals surface area (Å²) in [4.78, 5) is 35.0. The maximum absolute atomic E-state index is 10.9. The molecule has 0 amide bonds. The fraction of sp³-hybridized carbons (Fsp3) is 0.354. The molecule has 0 saturated heterocycles. The van der Waals surface area contributed by atoms with E-state index < -0.39 is 4.92 Å². The monoisotopic (exact) mass is 1320 g/mol. The summed E-state index contributed by atoms with van der Waals surface area (Å²) in [5.74, 6) is 0. The van der Waals surface area contributed by atoms with Gasteiger partial charge in [0.25, 0.3) is 11.4 Å². The summed E-state index contributed by atoms with van der Waals surface area (Å²) in [7, 11) is 0.500. The zero-order chi connectivity index (χ0) is 72.1. The molecular formula is C79H92F5N11O2. The van der Waals surface area contributed by atoms with Crippen LogP contribution in [0.2, 0.25) is 0 Å². The Hall–Kier alpha value is -10.3. The van der Waals surface area contributed by atoms with Crippen LogP contribution in [0.5, 0.6) is 0 Å². The highest BCUT2D eigenvalue weighted by molar-refractivity contribution is 6.00. The average molecular weight is 1320 g/mol. The van der Waals surface area contributed by atoms with Crippen molar-refractivity contribution in [2.45, 2.75) is 122 Å². The lowest BCUT2D eigenvalue weighted by Gasteiger charge is -2.31. The Morgan fingerprint density at radius 1 is 0.526 bits per heavy atom. The second-order valence-corrected chi connectivity index (χ2v) is 25.3. The molecule has 0 atom stereocenters. The van der Waals surface area contributed by atoms with E-state index in [-0.39, 0.29) is 27.6 Å². The molecule has 0 N–H and O–H groups in total. The quantitative estimate of drug-likeness (QED) is 0.0197. The predicted octanol–water partition coefficient (Wildman–Crippen LogP) is 22.3. The van der Waals surface area contributed by atoms with Crippen molar-refractivity contribution in [2.24, 2.45) is 31.2 Å². The minimum Gasteiger partial charge on any atom is -0.372 e. The molecule has 0 aromatic heterocycles. The number of nitro groups is 1. The molecule has 5 aromatic rings. The first-order valence-electron chi connectivity index (χ1n) is 32.3. The zero-order valence-electron chi connectivity index (χ0n) is 58.4. The molecule has 0 spiro atoms. The van der Waals surface area contributed by atoms with Crippen molar-refractivity contribution in [3.63, 3.8) is 0 Å². The van der Waals surface area contributed by atoms with Gasteiger partial charge < -0.3 is 14.7 Å². The number of nitro benzene ring substituents is 1. The summed E-state index contributed by atoms with van der Waals surface area (Å²) in [5.41, 5.74) is 15.9. The lowest BCUT2D eigenvalue weighted by atomic mass is 9.73. The van der Waals surface area contributed by atoms with Gasteiger partial charge in [-0.15, -0.1) is 0 Å². The predicted molar refractivity (Wildman–Crippen MR) is 392 cm³/mol. The van der Waals surface area contributed by atoms with Crippen LogP contribution in [0.3, 0.4) is 0 Å². The van der Waals surface area contributed by atoms with Gasteiger partial charge in [-0.2, -0.15) is 10.5 Å². The summed E-state index contributed by atoms with van der Waals surface area (Å²) in [5, 5.41) is 39.6. The molecule has 13 nitrogen and oxygen atoms in total. The highest BCUT2D eigenvalue weighted by Crippen LogP contribution is 2.42. The number of benzene rings is 5. The number of hydrogen-bond acceptors (Lipinski definition) is 11. The molecule has 0 unspecified atom stereocenters. The Morgan fingerprint density at radius 2 is 0.918 bits per heavy atom. The van der Waals surface area contributed by atoms with Crippen LogP contribution in [0.1, 0.15) is 133 Å². The first kappa shape index (κ1) is 80.9. The molecule has 0 radical (unpaired) electrons. The third-order valence-electron chi connectivity index (χ3n) is 16.1. The van der Waals surface area contributed by atoms with E-state index in [1.807, 2.05) is 85.1 Å². The molecule has 3 aliphatic carbocycles. The van der Waals surface area contributed by atoms with Crippen molar-refractivity contribution in [2.75, 3.05) is 61.1 Å². The molecule has 18 heteroatoms. The summed E-state index contributed by atoms with van der Waals surface area (Å²) >= 11 is 0. The Kier molecular flexibility index (Phi) is 34.6. The van der Waals surface area contributed by atoms with E-state index in [0.29, 0.717) is 12.8 Å². The van der Waals surface area contributed by atoms with Crippen molar-refractivity contribution in [1.82, 2.24) is 0 Å². The number of nitrogens with zero attached hydrogens (tertiary/aromatic N) is 11. The molecular weight excluding hydrogens is 1230 g/mol. The highest BCUT2D eigenvalue weighted by atomic mass is 20.0. The van der Waals surface area contributed by atoms with Gasteiger partial charge in [-0.3, -0.25) is 29.5 Å². The maximum atomic E-state index is 10.9. The van der Waals surface area contributed by atoms with Crippen molar-refractivity contribution in [1.29, 1.82) is 15.8 Å². The van der Waals surface area contributed by atoms with Crippen molar-refractivity contribution < 1.29 is 27.6 Å². The first-order valence-corrected chi connectivity index (χ1v) is 32.3. The number of nitriles is 3. The van der Waals surface area contributed by atoms with Crippen LogP contribution >= 0.6 is 0 Å². The minimum absolute atomic E-state index is 0.000579. The van der Waals surface area contributed by atoms with Crippen LogP contribution in [0.15, 0.2) is 212 Å². The first-order chi connectivity index (χ1) is 46.6. The Morgan fingerprint density at radius 3 is 1.32 bits per heavy atom. The van der Waals surface area contributed by atoms with Gasteiger partial charge in [0.1, 0.15) is 0 Å². The van der Waals surface area contributed by atoms with Crippen LogP contribution < -0.4 is 14.7 Å². The average Bonchev–Trinajstić information content (AvgIpc) is 0.831. The van der Waals surface area contributed by atoms with Gasteiger partial charge >= 0.3 is 0 Å². The van der Waals surface area contributed by atoms with Crippen LogP contribution in [0.25, 0.3) is 17.0 Å². The molecule has 0 bridgehead atoms. The molecule has 0 aliphatic heterocycles. The number of alkyl halides is 1. The number of rotatable bonds is 19. The SMILES string of the molecule is CCN(CC)c1ccc(N=C/C=C2C=C(/C(C#N)=C/c3ccc([N+](=O)[O-])cc3)CC(C)(C)C/2)cc1.CCN(CC)c1ccc(N=C2C=C(/C(C#N)=C/c3ccccc3)CC(C)(C)C2)cc1.CF.FF.FF.[C-]#[N+]/C(C#N)=C\C1=CC(=Nc2ccc(N(CC)CC)cc2)CC(C)(C)C1. The van der Waals surface area contributed by atoms with Gasteiger partial charge in [0, 0.05) is 104 Å². The van der Waals surface area contributed by atoms with Crippen molar-refractivity contribution >= 4 is 69.6 Å². The molecule has 3 aliphatic rings. The van der Waals surface area contributed by atoms with Gasteiger partial charge in [0.15, 0.2) is 0 Å². The fourth-order valence-corrected chi connectivity index (χ4v) is 11.7. The van der Waals surface area contributed by atoms with E-state index in [4.69, 9.17) is 40.1 Å². The summed E-state index contributed by atoms with van der Waals surface area (Å²) in [6.45, 7) is 39.2.